The third kappa shape index (κ3) is 4.04. The molecule has 0 saturated carbocycles. The molecule has 0 radical (unpaired) electrons. The van der Waals surface area contributed by atoms with E-state index in [1.807, 2.05) is 70.5 Å². The van der Waals surface area contributed by atoms with Crippen LogP contribution in [-0.4, -0.2) is 31.8 Å². The number of fused-ring (bicyclic) bond motifs is 1. The number of benzene rings is 2. The summed E-state index contributed by atoms with van der Waals surface area (Å²) in [4.78, 5) is 14.7. The highest BCUT2D eigenvalue weighted by atomic mass is 16.5. The first kappa shape index (κ1) is 21.1. The number of aryl methyl sites for hydroxylation is 1. The molecule has 2 aromatic heterocycles. The van der Waals surface area contributed by atoms with Crippen molar-refractivity contribution in [3.8, 4) is 17.3 Å². The lowest BCUT2D eigenvalue weighted by Crippen LogP contribution is -2.31. The summed E-state index contributed by atoms with van der Waals surface area (Å²) in [7, 11) is 0. The van der Waals surface area contributed by atoms with Gasteiger partial charge < -0.3 is 14.2 Å². The van der Waals surface area contributed by atoms with E-state index in [0.717, 1.165) is 28.3 Å². The quantitative estimate of drug-likeness (QED) is 0.423. The van der Waals surface area contributed by atoms with Crippen molar-refractivity contribution in [2.45, 2.75) is 39.8 Å². The lowest BCUT2D eigenvalue weighted by molar-refractivity contribution is -0.134. The maximum Gasteiger partial charge on any atom is 0.261 e. The zero-order valence-electron chi connectivity index (χ0n) is 19.2. The smallest absolute Gasteiger partial charge is 0.261 e. The lowest BCUT2D eigenvalue weighted by Gasteiger charge is -2.18. The highest BCUT2D eigenvalue weighted by Gasteiger charge is 2.31. The second kappa shape index (κ2) is 8.62. The molecule has 0 N–H and O–H groups in total. The summed E-state index contributed by atoms with van der Waals surface area (Å²) in [5.41, 5.74) is 5.45. The van der Waals surface area contributed by atoms with E-state index in [-0.39, 0.29) is 12.5 Å². The van der Waals surface area contributed by atoms with Crippen LogP contribution in [0.4, 0.5) is 0 Å². The van der Waals surface area contributed by atoms with Gasteiger partial charge >= 0.3 is 0 Å². The SMILES string of the molecule is Cc1ccccc1-n1nc2c(c1-n1cccc1)CN(C(=O)COc1ccc(C(C)C)cc1)C2. The van der Waals surface area contributed by atoms with E-state index in [0.29, 0.717) is 24.8 Å². The fourth-order valence-corrected chi connectivity index (χ4v) is 4.27. The minimum atomic E-state index is -0.0400. The van der Waals surface area contributed by atoms with Crippen molar-refractivity contribution < 1.29 is 9.53 Å². The van der Waals surface area contributed by atoms with Crippen LogP contribution in [0, 0.1) is 6.92 Å². The minimum Gasteiger partial charge on any atom is -0.484 e. The Morgan fingerprint density at radius 2 is 1.73 bits per heavy atom. The van der Waals surface area contributed by atoms with E-state index in [1.54, 1.807) is 0 Å². The molecule has 3 heterocycles. The standard InChI is InChI=1S/C27H28N4O2/c1-19(2)21-10-12-22(13-11-21)33-18-26(32)30-16-23-24(17-30)28-31(25-9-5-4-8-20(25)3)27(23)29-14-6-7-15-29/h4-15,19H,16-18H2,1-3H3. The van der Waals surface area contributed by atoms with Crippen LogP contribution in [0.3, 0.4) is 0 Å². The average Bonchev–Trinajstić information content (AvgIpc) is 3.54. The van der Waals surface area contributed by atoms with E-state index in [2.05, 4.69) is 37.5 Å². The highest BCUT2D eigenvalue weighted by molar-refractivity contribution is 5.78. The summed E-state index contributed by atoms with van der Waals surface area (Å²) in [6.07, 6.45) is 4.03. The van der Waals surface area contributed by atoms with Gasteiger partial charge in [-0.25, -0.2) is 4.68 Å². The first-order valence-electron chi connectivity index (χ1n) is 11.3. The Bertz CT molecular complexity index is 1270. The van der Waals surface area contributed by atoms with Gasteiger partial charge in [-0.05, 0) is 54.3 Å². The number of ether oxygens (including phenoxy) is 1. The first-order valence-corrected chi connectivity index (χ1v) is 11.3. The molecule has 0 bridgehead atoms. The second-order valence-electron chi connectivity index (χ2n) is 8.80. The molecule has 0 spiro atoms. The number of carbonyl (C=O) groups is 1. The molecule has 2 aromatic carbocycles. The van der Waals surface area contributed by atoms with Gasteiger partial charge in [0.15, 0.2) is 6.61 Å². The molecular formula is C27H28N4O2. The van der Waals surface area contributed by atoms with Crippen LogP contribution < -0.4 is 4.74 Å². The average molecular weight is 441 g/mol. The molecule has 1 aliphatic rings. The van der Waals surface area contributed by atoms with Crippen LogP contribution in [0.5, 0.6) is 5.75 Å². The van der Waals surface area contributed by atoms with Gasteiger partial charge in [-0.2, -0.15) is 5.10 Å². The number of carbonyl (C=O) groups excluding carboxylic acids is 1. The molecule has 33 heavy (non-hydrogen) atoms. The maximum absolute atomic E-state index is 12.9. The molecule has 0 atom stereocenters. The Hall–Kier alpha value is -3.80. The highest BCUT2D eigenvalue weighted by Crippen LogP contribution is 2.31. The summed E-state index contributed by atoms with van der Waals surface area (Å²) in [6, 6.07) is 20.2. The number of rotatable bonds is 6. The molecule has 1 amide bonds. The minimum absolute atomic E-state index is 0.0158. The predicted octanol–water partition coefficient (Wildman–Crippen LogP) is 5.02. The van der Waals surface area contributed by atoms with Gasteiger partial charge in [0.25, 0.3) is 5.91 Å². The number of nitrogens with zero attached hydrogens (tertiary/aromatic N) is 4. The molecule has 0 unspecified atom stereocenters. The van der Waals surface area contributed by atoms with Gasteiger partial charge in [0.1, 0.15) is 11.6 Å². The zero-order valence-corrected chi connectivity index (χ0v) is 19.2. The number of aromatic nitrogens is 3. The molecule has 6 heteroatoms. The van der Waals surface area contributed by atoms with Gasteiger partial charge in [-0.1, -0.05) is 44.2 Å². The van der Waals surface area contributed by atoms with E-state index in [9.17, 15) is 4.79 Å². The van der Waals surface area contributed by atoms with Crippen LogP contribution in [0.2, 0.25) is 0 Å². The monoisotopic (exact) mass is 440 g/mol. The number of para-hydroxylation sites is 1. The van der Waals surface area contributed by atoms with Crippen molar-refractivity contribution in [1.29, 1.82) is 0 Å². The van der Waals surface area contributed by atoms with Crippen LogP contribution in [0.15, 0.2) is 73.1 Å². The second-order valence-corrected chi connectivity index (χ2v) is 8.80. The Morgan fingerprint density at radius 1 is 1.00 bits per heavy atom. The van der Waals surface area contributed by atoms with E-state index in [1.165, 1.54) is 5.56 Å². The summed E-state index contributed by atoms with van der Waals surface area (Å²) in [6.45, 7) is 7.41. The van der Waals surface area contributed by atoms with Crippen molar-refractivity contribution >= 4 is 5.91 Å². The van der Waals surface area contributed by atoms with Crippen molar-refractivity contribution in [2.24, 2.45) is 0 Å². The Morgan fingerprint density at radius 3 is 2.42 bits per heavy atom. The van der Waals surface area contributed by atoms with Gasteiger partial charge in [-0.15, -0.1) is 0 Å². The van der Waals surface area contributed by atoms with E-state index in [4.69, 9.17) is 9.84 Å². The number of amides is 1. The summed E-state index contributed by atoms with van der Waals surface area (Å²) < 4.78 is 9.84. The van der Waals surface area contributed by atoms with Crippen molar-refractivity contribution in [1.82, 2.24) is 19.2 Å². The van der Waals surface area contributed by atoms with E-state index < -0.39 is 0 Å². The molecular weight excluding hydrogens is 412 g/mol. The van der Waals surface area contributed by atoms with Crippen molar-refractivity contribution in [3.05, 3.63) is 95.4 Å². The Labute approximate surface area is 194 Å². The molecule has 1 aliphatic heterocycles. The maximum atomic E-state index is 12.9. The summed E-state index contributed by atoms with van der Waals surface area (Å²) in [5, 5.41) is 4.92. The van der Waals surface area contributed by atoms with Crippen LogP contribution in [0.25, 0.3) is 11.5 Å². The van der Waals surface area contributed by atoms with Crippen molar-refractivity contribution in [2.75, 3.05) is 6.61 Å². The molecule has 0 fully saturated rings. The van der Waals surface area contributed by atoms with E-state index >= 15 is 0 Å². The van der Waals surface area contributed by atoms with Crippen molar-refractivity contribution in [3.63, 3.8) is 0 Å². The summed E-state index contributed by atoms with van der Waals surface area (Å²) >= 11 is 0. The van der Waals surface area contributed by atoms with Gasteiger partial charge in [0, 0.05) is 18.0 Å². The predicted molar refractivity (Wildman–Crippen MR) is 128 cm³/mol. The van der Waals surface area contributed by atoms with Crippen LogP contribution in [-0.2, 0) is 17.9 Å². The topological polar surface area (TPSA) is 52.3 Å². The third-order valence-electron chi connectivity index (χ3n) is 6.18. The largest absolute Gasteiger partial charge is 0.484 e. The summed E-state index contributed by atoms with van der Waals surface area (Å²) in [5.74, 6) is 2.11. The first-order chi connectivity index (χ1) is 16.0. The van der Waals surface area contributed by atoms with Gasteiger partial charge in [0.05, 0.1) is 24.5 Å². The number of hydrogen-bond donors (Lipinski definition) is 0. The van der Waals surface area contributed by atoms with Gasteiger partial charge in [-0.3, -0.25) is 4.79 Å². The zero-order chi connectivity index (χ0) is 22.9. The Kier molecular flexibility index (Phi) is 5.50. The number of hydrogen-bond acceptors (Lipinski definition) is 3. The molecule has 6 nitrogen and oxygen atoms in total. The fraction of sp³-hybridized carbons (Fsp3) is 0.259. The third-order valence-corrected chi connectivity index (χ3v) is 6.18. The molecule has 168 valence electrons. The molecule has 0 saturated heterocycles. The Balaban J connectivity index is 1.35. The normalized spacial score (nSPS) is 12.9. The molecule has 4 aromatic rings. The fourth-order valence-electron chi connectivity index (χ4n) is 4.27. The molecule has 0 aliphatic carbocycles. The van der Waals surface area contributed by atoms with Crippen LogP contribution in [0.1, 0.15) is 42.1 Å². The van der Waals surface area contributed by atoms with Crippen LogP contribution >= 0.6 is 0 Å². The van der Waals surface area contributed by atoms with Gasteiger partial charge in [0.2, 0.25) is 0 Å². The lowest BCUT2D eigenvalue weighted by atomic mass is 10.0. The molecule has 5 rings (SSSR count).